The monoisotopic (exact) mass is 303 g/mol. The van der Waals surface area contributed by atoms with Gasteiger partial charge in [0.25, 0.3) is 0 Å². The second-order valence-corrected chi connectivity index (χ2v) is 6.44. The van der Waals surface area contributed by atoms with Gasteiger partial charge in [-0.25, -0.2) is 0 Å². The zero-order valence-corrected chi connectivity index (χ0v) is 12.7. The van der Waals surface area contributed by atoms with E-state index >= 15 is 0 Å². The molecule has 0 unspecified atom stereocenters. The van der Waals surface area contributed by atoms with Gasteiger partial charge in [-0.3, -0.25) is 9.59 Å². The molecule has 0 radical (unpaired) electrons. The first-order valence-electron chi connectivity index (χ1n) is 7.70. The van der Waals surface area contributed by atoms with Gasteiger partial charge in [-0.15, -0.1) is 0 Å². The highest BCUT2D eigenvalue weighted by molar-refractivity contribution is 5.81. The summed E-state index contributed by atoms with van der Waals surface area (Å²) in [5, 5.41) is 9.26. The summed E-state index contributed by atoms with van der Waals surface area (Å²) < 4.78 is 5.77. The Kier molecular flexibility index (Phi) is 3.91. The van der Waals surface area contributed by atoms with Gasteiger partial charge in [0.15, 0.2) is 0 Å². The van der Waals surface area contributed by atoms with Crippen molar-refractivity contribution in [1.29, 1.82) is 0 Å². The Balaban J connectivity index is 1.68. The minimum atomic E-state index is -0.831. The van der Waals surface area contributed by atoms with E-state index in [0.29, 0.717) is 19.6 Å². The summed E-state index contributed by atoms with van der Waals surface area (Å²) in [5.41, 5.74) is 1.51. The van der Waals surface area contributed by atoms with Gasteiger partial charge in [0, 0.05) is 13.1 Å². The highest BCUT2D eigenvalue weighted by Gasteiger charge is 2.42. The summed E-state index contributed by atoms with van der Waals surface area (Å²) in [6.45, 7) is 3.13. The molecule has 2 aliphatic rings. The molecule has 1 amide bonds. The summed E-state index contributed by atoms with van der Waals surface area (Å²) >= 11 is 0. The van der Waals surface area contributed by atoms with E-state index in [-0.39, 0.29) is 25.0 Å². The highest BCUT2D eigenvalue weighted by Crippen LogP contribution is 2.33. The number of ether oxygens (including phenoxy) is 1. The van der Waals surface area contributed by atoms with E-state index in [2.05, 4.69) is 6.07 Å². The molecule has 22 heavy (non-hydrogen) atoms. The van der Waals surface area contributed by atoms with Crippen LogP contribution in [0, 0.1) is 5.41 Å². The van der Waals surface area contributed by atoms with Crippen molar-refractivity contribution in [2.24, 2.45) is 5.41 Å². The van der Waals surface area contributed by atoms with Crippen LogP contribution in [0.1, 0.15) is 37.0 Å². The molecule has 0 spiro atoms. The van der Waals surface area contributed by atoms with Crippen LogP contribution in [-0.2, 0) is 20.7 Å². The lowest BCUT2D eigenvalue weighted by atomic mass is 9.90. The molecule has 2 aliphatic heterocycles. The maximum absolute atomic E-state index is 12.5. The zero-order chi connectivity index (χ0) is 15.7. The average Bonchev–Trinajstić information content (AvgIpc) is 2.92. The largest absolute Gasteiger partial charge is 0.481 e. The van der Waals surface area contributed by atoms with Crippen LogP contribution in [0.25, 0.3) is 0 Å². The minimum Gasteiger partial charge on any atom is -0.481 e. The van der Waals surface area contributed by atoms with Crippen molar-refractivity contribution in [3.63, 3.8) is 0 Å². The molecule has 1 fully saturated rings. The molecule has 2 atom stereocenters. The molecule has 0 bridgehead atoms. The number of amides is 1. The molecule has 1 N–H and O–H groups in total. The fourth-order valence-corrected chi connectivity index (χ4v) is 3.28. The van der Waals surface area contributed by atoms with Crippen molar-refractivity contribution in [3.8, 4) is 0 Å². The second-order valence-electron chi connectivity index (χ2n) is 6.44. The maximum atomic E-state index is 12.5. The highest BCUT2D eigenvalue weighted by atomic mass is 16.5. The number of carboxylic acids is 1. The Labute approximate surface area is 129 Å². The van der Waals surface area contributed by atoms with E-state index in [1.54, 1.807) is 11.8 Å². The van der Waals surface area contributed by atoms with Crippen molar-refractivity contribution in [1.82, 2.24) is 4.90 Å². The maximum Gasteiger partial charge on any atom is 0.311 e. The van der Waals surface area contributed by atoms with Crippen LogP contribution in [0.2, 0.25) is 0 Å². The first kappa shape index (κ1) is 15.0. The van der Waals surface area contributed by atoms with E-state index in [0.717, 1.165) is 12.0 Å². The zero-order valence-electron chi connectivity index (χ0n) is 12.7. The molecular formula is C17H21NO4. The fraction of sp³-hybridized carbons (Fsp3) is 0.529. The number of likely N-dealkylation sites (tertiary alicyclic amines) is 1. The van der Waals surface area contributed by atoms with Crippen LogP contribution in [0.4, 0.5) is 0 Å². The van der Waals surface area contributed by atoms with Gasteiger partial charge < -0.3 is 14.7 Å². The second kappa shape index (κ2) is 5.72. The number of hydrogen-bond donors (Lipinski definition) is 1. The van der Waals surface area contributed by atoms with Crippen molar-refractivity contribution >= 4 is 11.9 Å². The summed E-state index contributed by atoms with van der Waals surface area (Å²) in [7, 11) is 0. The fourth-order valence-electron chi connectivity index (χ4n) is 3.28. The molecular weight excluding hydrogens is 282 g/mol. The number of aliphatic carboxylic acids is 1. The van der Waals surface area contributed by atoms with Crippen LogP contribution in [-0.4, -0.2) is 41.6 Å². The lowest BCUT2D eigenvalue weighted by Crippen LogP contribution is -2.36. The van der Waals surface area contributed by atoms with E-state index in [4.69, 9.17) is 4.74 Å². The van der Waals surface area contributed by atoms with Crippen LogP contribution < -0.4 is 0 Å². The SMILES string of the molecule is C[C@]1(C(=O)O)CCN(C(=O)C[C@H]2OCCc3ccccc32)C1. The lowest BCUT2D eigenvalue weighted by molar-refractivity contribution is -0.147. The molecule has 1 aromatic carbocycles. The predicted molar refractivity (Wildman–Crippen MR) is 80.4 cm³/mol. The van der Waals surface area contributed by atoms with Gasteiger partial charge in [0.05, 0.1) is 24.5 Å². The molecule has 2 heterocycles. The van der Waals surface area contributed by atoms with E-state index in [1.165, 1.54) is 5.56 Å². The Morgan fingerprint density at radius 1 is 1.41 bits per heavy atom. The Hall–Kier alpha value is -1.88. The van der Waals surface area contributed by atoms with Crippen LogP contribution in [0.3, 0.4) is 0 Å². The molecule has 1 saturated heterocycles. The van der Waals surface area contributed by atoms with Gasteiger partial charge >= 0.3 is 5.97 Å². The van der Waals surface area contributed by atoms with Gasteiger partial charge in [-0.2, -0.15) is 0 Å². The van der Waals surface area contributed by atoms with Gasteiger partial charge in [0.1, 0.15) is 0 Å². The van der Waals surface area contributed by atoms with Crippen molar-refractivity contribution in [2.45, 2.75) is 32.3 Å². The number of nitrogens with zero attached hydrogens (tertiary/aromatic N) is 1. The first-order valence-corrected chi connectivity index (χ1v) is 7.70. The standard InChI is InChI=1S/C17H21NO4/c1-17(16(20)21)7-8-18(11-17)15(19)10-14-13-5-3-2-4-12(13)6-9-22-14/h2-5,14H,6-11H2,1H3,(H,20,21)/t14-,17+/m1/s1. The average molecular weight is 303 g/mol. The molecule has 0 saturated carbocycles. The van der Waals surface area contributed by atoms with E-state index in [1.807, 2.05) is 18.2 Å². The molecule has 0 aromatic heterocycles. The number of hydrogen-bond acceptors (Lipinski definition) is 3. The molecule has 5 heteroatoms. The molecule has 1 aromatic rings. The number of carbonyl (C=O) groups excluding carboxylic acids is 1. The van der Waals surface area contributed by atoms with Crippen molar-refractivity contribution in [3.05, 3.63) is 35.4 Å². The number of carboxylic acid groups (broad SMARTS) is 1. The van der Waals surface area contributed by atoms with Crippen LogP contribution >= 0.6 is 0 Å². The minimum absolute atomic E-state index is 0.0216. The van der Waals surface area contributed by atoms with E-state index < -0.39 is 11.4 Å². The third-order valence-electron chi connectivity index (χ3n) is 4.79. The summed E-state index contributed by atoms with van der Waals surface area (Å²) in [6, 6.07) is 8.05. The quantitative estimate of drug-likeness (QED) is 0.927. The van der Waals surface area contributed by atoms with Crippen molar-refractivity contribution in [2.75, 3.05) is 19.7 Å². The third-order valence-corrected chi connectivity index (χ3v) is 4.79. The number of benzene rings is 1. The number of rotatable bonds is 3. The first-order chi connectivity index (χ1) is 10.5. The van der Waals surface area contributed by atoms with Gasteiger partial charge in [-0.05, 0) is 30.9 Å². The number of fused-ring (bicyclic) bond motifs is 1. The summed E-state index contributed by atoms with van der Waals surface area (Å²) in [5.74, 6) is -0.853. The predicted octanol–water partition coefficient (Wildman–Crippen LogP) is 2.01. The van der Waals surface area contributed by atoms with Gasteiger partial charge in [-0.1, -0.05) is 24.3 Å². The topological polar surface area (TPSA) is 66.8 Å². The van der Waals surface area contributed by atoms with Gasteiger partial charge in [0.2, 0.25) is 5.91 Å². The molecule has 3 rings (SSSR count). The van der Waals surface area contributed by atoms with Crippen LogP contribution in [0.5, 0.6) is 0 Å². The lowest BCUT2D eigenvalue weighted by Gasteiger charge is -2.27. The Morgan fingerprint density at radius 2 is 2.18 bits per heavy atom. The Morgan fingerprint density at radius 3 is 2.91 bits per heavy atom. The normalized spacial score (nSPS) is 27.5. The van der Waals surface area contributed by atoms with Crippen LogP contribution in [0.15, 0.2) is 24.3 Å². The summed E-state index contributed by atoms with van der Waals surface area (Å²) in [6.07, 6.45) is 1.46. The van der Waals surface area contributed by atoms with Crippen molar-refractivity contribution < 1.29 is 19.4 Å². The summed E-state index contributed by atoms with van der Waals surface area (Å²) in [4.78, 5) is 25.4. The van der Waals surface area contributed by atoms with E-state index in [9.17, 15) is 14.7 Å². The third kappa shape index (κ3) is 2.73. The smallest absolute Gasteiger partial charge is 0.311 e. The molecule has 0 aliphatic carbocycles. The number of carbonyl (C=O) groups is 2. The molecule has 5 nitrogen and oxygen atoms in total. The Bertz CT molecular complexity index is 600. The molecule has 118 valence electrons.